The number of rotatable bonds is 3. The minimum absolute atomic E-state index is 0.153. The van der Waals surface area contributed by atoms with Crippen molar-refractivity contribution in [2.24, 2.45) is 0 Å². The molecule has 0 aliphatic rings. The molecule has 0 N–H and O–H groups in total. The summed E-state index contributed by atoms with van der Waals surface area (Å²) in [5.74, 6) is 0. The Bertz CT molecular complexity index is 440. The zero-order valence-electron chi connectivity index (χ0n) is 8.33. The summed E-state index contributed by atoms with van der Waals surface area (Å²) in [6, 6.07) is 1.62. The lowest BCUT2D eigenvalue weighted by Crippen LogP contribution is -2.22. The smallest absolute Gasteiger partial charge is 0.299 e. The van der Waals surface area contributed by atoms with Crippen molar-refractivity contribution < 1.29 is 4.74 Å². The van der Waals surface area contributed by atoms with Crippen molar-refractivity contribution in [3.8, 4) is 6.01 Å². The molecule has 0 saturated carbocycles. The molecule has 0 saturated heterocycles. The Morgan fingerprint density at radius 2 is 2.40 bits per heavy atom. The van der Waals surface area contributed by atoms with Gasteiger partial charge in [0.25, 0.3) is 11.6 Å². The van der Waals surface area contributed by atoms with E-state index in [0.29, 0.717) is 10.7 Å². The fourth-order valence-electron chi connectivity index (χ4n) is 1.08. The third-order valence-electron chi connectivity index (χ3n) is 1.71. The minimum atomic E-state index is -0.226. The van der Waals surface area contributed by atoms with Crippen LogP contribution in [-0.4, -0.2) is 16.7 Å². The van der Waals surface area contributed by atoms with Crippen molar-refractivity contribution >= 4 is 23.2 Å². The summed E-state index contributed by atoms with van der Waals surface area (Å²) in [5, 5.41) is 0.336. The van der Waals surface area contributed by atoms with Crippen LogP contribution in [0.5, 0.6) is 6.01 Å². The van der Waals surface area contributed by atoms with Gasteiger partial charge in [0.2, 0.25) is 0 Å². The van der Waals surface area contributed by atoms with E-state index in [4.69, 9.17) is 27.9 Å². The standard InChI is InChI=1S/C9H10Cl2N2O2/c1-6-3-8(14)13(5-7(11)4-10)9(12-6)15-2/h3-4H,5H2,1-2H3. The van der Waals surface area contributed by atoms with Gasteiger partial charge in [-0.1, -0.05) is 23.2 Å². The van der Waals surface area contributed by atoms with Gasteiger partial charge in [-0.3, -0.25) is 9.36 Å². The highest BCUT2D eigenvalue weighted by Crippen LogP contribution is 2.11. The number of halogens is 2. The van der Waals surface area contributed by atoms with Crippen LogP contribution >= 0.6 is 23.2 Å². The van der Waals surface area contributed by atoms with E-state index in [1.807, 2.05) is 0 Å². The van der Waals surface area contributed by atoms with Crippen LogP contribution in [0.25, 0.3) is 0 Å². The summed E-state index contributed by atoms with van der Waals surface area (Å²) in [7, 11) is 1.44. The van der Waals surface area contributed by atoms with Crippen molar-refractivity contribution in [1.82, 2.24) is 9.55 Å². The molecule has 1 aromatic heterocycles. The average Bonchev–Trinajstić information content (AvgIpc) is 2.21. The second-order valence-corrected chi connectivity index (χ2v) is 3.57. The number of hydrogen-bond donors (Lipinski definition) is 0. The average molecular weight is 249 g/mol. The fraction of sp³-hybridized carbons (Fsp3) is 0.333. The molecule has 0 aliphatic heterocycles. The molecule has 0 spiro atoms. The first-order valence-electron chi connectivity index (χ1n) is 4.15. The van der Waals surface area contributed by atoms with E-state index in [0.717, 1.165) is 0 Å². The maximum absolute atomic E-state index is 11.6. The first-order chi connectivity index (χ1) is 7.08. The maximum atomic E-state index is 11.6. The number of aryl methyl sites for hydroxylation is 1. The number of nitrogens with zero attached hydrogens (tertiary/aromatic N) is 2. The number of aromatic nitrogens is 2. The van der Waals surface area contributed by atoms with Gasteiger partial charge in [-0.05, 0) is 6.92 Å². The molecule has 82 valence electrons. The molecule has 0 radical (unpaired) electrons. The molecule has 1 aromatic rings. The van der Waals surface area contributed by atoms with Gasteiger partial charge in [-0.2, -0.15) is 0 Å². The molecule has 0 bridgehead atoms. The zero-order valence-corrected chi connectivity index (χ0v) is 9.84. The van der Waals surface area contributed by atoms with Crippen molar-refractivity contribution in [2.45, 2.75) is 13.5 Å². The molecule has 0 atom stereocenters. The number of allylic oxidation sites excluding steroid dienone is 1. The second kappa shape index (κ2) is 5.19. The Kier molecular flexibility index (Phi) is 4.17. The topological polar surface area (TPSA) is 44.1 Å². The minimum Gasteiger partial charge on any atom is -0.468 e. The highest BCUT2D eigenvalue weighted by Gasteiger charge is 2.07. The van der Waals surface area contributed by atoms with Crippen LogP contribution < -0.4 is 10.3 Å². The predicted molar refractivity (Wildman–Crippen MR) is 59.6 cm³/mol. The first kappa shape index (κ1) is 12.1. The molecule has 15 heavy (non-hydrogen) atoms. The van der Waals surface area contributed by atoms with Crippen LogP contribution in [0.15, 0.2) is 21.4 Å². The third-order valence-corrected chi connectivity index (χ3v) is 2.32. The molecule has 1 rings (SSSR count). The molecular formula is C9H10Cl2N2O2. The normalized spacial score (nSPS) is 11.6. The lowest BCUT2D eigenvalue weighted by molar-refractivity contribution is 0.350. The summed E-state index contributed by atoms with van der Waals surface area (Å²) in [6.07, 6.45) is 0. The fourth-order valence-corrected chi connectivity index (χ4v) is 1.27. The Hall–Kier alpha value is -1.00. The summed E-state index contributed by atoms with van der Waals surface area (Å²) >= 11 is 11.1. The summed E-state index contributed by atoms with van der Waals surface area (Å²) in [6.45, 7) is 1.87. The number of methoxy groups -OCH3 is 1. The van der Waals surface area contributed by atoms with Gasteiger partial charge < -0.3 is 4.74 Å². The van der Waals surface area contributed by atoms with E-state index in [2.05, 4.69) is 4.98 Å². The van der Waals surface area contributed by atoms with Gasteiger partial charge in [-0.15, -0.1) is 0 Å². The highest BCUT2D eigenvalue weighted by molar-refractivity contribution is 6.36. The quantitative estimate of drug-likeness (QED) is 0.821. The van der Waals surface area contributed by atoms with Crippen molar-refractivity contribution in [3.63, 3.8) is 0 Å². The molecule has 4 nitrogen and oxygen atoms in total. The van der Waals surface area contributed by atoms with Crippen LogP contribution in [0.1, 0.15) is 5.69 Å². The monoisotopic (exact) mass is 248 g/mol. The van der Waals surface area contributed by atoms with Gasteiger partial charge in [-0.25, -0.2) is 4.98 Å². The Morgan fingerprint density at radius 3 is 2.93 bits per heavy atom. The molecule has 0 fully saturated rings. The van der Waals surface area contributed by atoms with E-state index in [1.54, 1.807) is 6.92 Å². The Labute approximate surface area is 97.1 Å². The largest absolute Gasteiger partial charge is 0.468 e. The SMILES string of the molecule is COc1nc(C)cc(=O)n1CC(Cl)=CCl. The van der Waals surface area contributed by atoms with Gasteiger partial charge in [0, 0.05) is 22.3 Å². The molecule has 1 heterocycles. The molecule has 0 aromatic carbocycles. The summed E-state index contributed by atoms with van der Waals surface area (Å²) < 4.78 is 6.28. The van der Waals surface area contributed by atoms with E-state index in [-0.39, 0.29) is 18.1 Å². The molecular weight excluding hydrogens is 239 g/mol. The number of ether oxygens (including phenoxy) is 1. The predicted octanol–water partition coefficient (Wildman–Crippen LogP) is 1.88. The lowest BCUT2D eigenvalue weighted by atomic mass is 10.4. The Balaban J connectivity index is 3.21. The highest BCUT2D eigenvalue weighted by atomic mass is 35.5. The van der Waals surface area contributed by atoms with Crippen molar-refractivity contribution in [2.75, 3.05) is 7.11 Å². The van der Waals surface area contributed by atoms with Gasteiger partial charge in [0.1, 0.15) is 0 Å². The van der Waals surface area contributed by atoms with Gasteiger partial charge >= 0.3 is 0 Å². The zero-order chi connectivity index (χ0) is 11.4. The van der Waals surface area contributed by atoms with E-state index >= 15 is 0 Å². The van der Waals surface area contributed by atoms with Crippen molar-refractivity contribution in [3.05, 3.63) is 32.7 Å². The number of hydrogen-bond acceptors (Lipinski definition) is 3. The molecule has 0 amide bonds. The van der Waals surface area contributed by atoms with Gasteiger partial charge in [0.15, 0.2) is 0 Å². The maximum Gasteiger partial charge on any atom is 0.299 e. The molecule has 6 heteroatoms. The molecule has 0 aliphatic carbocycles. The third kappa shape index (κ3) is 2.97. The van der Waals surface area contributed by atoms with E-state index in [9.17, 15) is 4.79 Å². The van der Waals surface area contributed by atoms with Crippen LogP contribution in [0.3, 0.4) is 0 Å². The van der Waals surface area contributed by atoms with Crippen LogP contribution in [-0.2, 0) is 6.54 Å². The molecule has 0 unspecified atom stereocenters. The van der Waals surface area contributed by atoms with E-state index < -0.39 is 0 Å². The second-order valence-electron chi connectivity index (χ2n) is 2.86. The van der Waals surface area contributed by atoms with Crippen LogP contribution in [0, 0.1) is 6.92 Å². The van der Waals surface area contributed by atoms with Crippen molar-refractivity contribution in [1.29, 1.82) is 0 Å². The first-order valence-corrected chi connectivity index (χ1v) is 4.97. The van der Waals surface area contributed by atoms with Crippen LogP contribution in [0.2, 0.25) is 0 Å². The summed E-state index contributed by atoms with van der Waals surface area (Å²) in [5.41, 5.74) is 1.57. The van der Waals surface area contributed by atoms with Gasteiger partial charge in [0.05, 0.1) is 13.7 Å². The lowest BCUT2D eigenvalue weighted by Gasteiger charge is -2.09. The summed E-state index contributed by atoms with van der Waals surface area (Å²) in [4.78, 5) is 15.6. The van der Waals surface area contributed by atoms with E-state index in [1.165, 1.54) is 23.3 Å². The Morgan fingerprint density at radius 1 is 1.73 bits per heavy atom. The van der Waals surface area contributed by atoms with Crippen LogP contribution in [0.4, 0.5) is 0 Å².